The van der Waals surface area contributed by atoms with Crippen LogP contribution in [0.15, 0.2) is 0 Å². The molecule has 0 saturated heterocycles. The number of amides is 2. The zero-order valence-electron chi connectivity index (χ0n) is 9.05. The van der Waals surface area contributed by atoms with Gasteiger partial charge in [-0.05, 0) is 12.8 Å². The first-order valence-electron chi connectivity index (χ1n) is 4.76. The molecule has 0 aromatic heterocycles. The first-order valence-corrected chi connectivity index (χ1v) is 4.76. The second kappa shape index (κ2) is 5.73. The van der Waals surface area contributed by atoms with Gasteiger partial charge in [0, 0.05) is 12.0 Å². The molecule has 0 fully saturated rings. The summed E-state index contributed by atoms with van der Waals surface area (Å²) in [5.74, 6) is -0.216. The third-order valence-electron chi connectivity index (χ3n) is 1.81. The van der Waals surface area contributed by atoms with Gasteiger partial charge in [0.2, 0.25) is 12.3 Å². The van der Waals surface area contributed by atoms with Crippen molar-refractivity contribution >= 4 is 12.3 Å². The number of carbonyl (C=O) groups is 2. The zero-order valence-corrected chi connectivity index (χ0v) is 9.05. The number of hydrogen-bond donors (Lipinski definition) is 0. The maximum absolute atomic E-state index is 11.8. The summed E-state index contributed by atoms with van der Waals surface area (Å²) >= 11 is 0. The Labute approximate surface area is 84.3 Å². The Morgan fingerprint density at radius 2 is 1.93 bits per heavy atom. The molecule has 0 aliphatic rings. The third-order valence-corrected chi connectivity index (χ3v) is 1.81. The topological polar surface area (TPSA) is 37.4 Å². The second-order valence-corrected chi connectivity index (χ2v) is 4.25. The van der Waals surface area contributed by atoms with Gasteiger partial charge in [-0.3, -0.25) is 18.9 Å². The highest BCUT2D eigenvalue weighted by Crippen LogP contribution is 2.16. The van der Waals surface area contributed by atoms with E-state index in [-0.39, 0.29) is 5.91 Å². The van der Waals surface area contributed by atoms with Crippen LogP contribution in [0.4, 0.5) is 4.39 Å². The largest absolute Gasteiger partial charge is 0.285 e. The molecule has 0 rings (SSSR count). The minimum Gasteiger partial charge on any atom is -0.285 e. The Balaban J connectivity index is 4.14. The van der Waals surface area contributed by atoms with E-state index in [1.807, 2.05) is 0 Å². The van der Waals surface area contributed by atoms with Crippen molar-refractivity contribution < 1.29 is 14.0 Å². The molecule has 0 unspecified atom stereocenters. The van der Waals surface area contributed by atoms with E-state index in [0.717, 1.165) is 4.90 Å². The standard InChI is InChI=1S/C10H18FNO2/c1-10(2,3)9(14)12(8-13)7-5-4-6-11/h8H,4-7H2,1-3H3. The lowest BCUT2D eigenvalue weighted by molar-refractivity contribution is -0.144. The van der Waals surface area contributed by atoms with Crippen LogP contribution in [0.1, 0.15) is 33.6 Å². The summed E-state index contributed by atoms with van der Waals surface area (Å²) in [7, 11) is 0. The fourth-order valence-corrected chi connectivity index (χ4v) is 1.01. The van der Waals surface area contributed by atoms with E-state index in [2.05, 4.69) is 0 Å². The van der Waals surface area contributed by atoms with Crippen LogP contribution >= 0.6 is 0 Å². The third kappa shape index (κ3) is 4.35. The Morgan fingerprint density at radius 1 is 1.36 bits per heavy atom. The van der Waals surface area contributed by atoms with E-state index in [1.54, 1.807) is 20.8 Å². The average molecular weight is 203 g/mol. The van der Waals surface area contributed by atoms with Crippen LogP contribution in [0.3, 0.4) is 0 Å². The SMILES string of the molecule is CC(C)(C)C(=O)N(C=O)CCCCF. The van der Waals surface area contributed by atoms with Gasteiger partial charge in [-0.1, -0.05) is 20.8 Å². The number of halogens is 1. The van der Waals surface area contributed by atoms with Crippen molar-refractivity contribution in [3.63, 3.8) is 0 Å². The zero-order chi connectivity index (χ0) is 11.2. The van der Waals surface area contributed by atoms with E-state index in [4.69, 9.17) is 0 Å². The Morgan fingerprint density at radius 3 is 2.29 bits per heavy atom. The van der Waals surface area contributed by atoms with Crippen molar-refractivity contribution in [1.82, 2.24) is 4.90 Å². The van der Waals surface area contributed by atoms with Gasteiger partial charge in [0.15, 0.2) is 0 Å². The highest BCUT2D eigenvalue weighted by molar-refractivity contribution is 5.89. The predicted molar refractivity (Wildman–Crippen MR) is 52.4 cm³/mol. The molecule has 0 heterocycles. The molecule has 0 aliphatic carbocycles. The van der Waals surface area contributed by atoms with Crippen LogP contribution in [-0.4, -0.2) is 30.4 Å². The fraction of sp³-hybridized carbons (Fsp3) is 0.800. The molecule has 0 bridgehead atoms. The number of nitrogens with zero attached hydrogens (tertiary/aromatic N) is 1. The van der Waals surface area contributed by atoms with Crippen molar-refractivity contribution in [3.8, 4) is 0 Å². The van der Waals surface area contributed by atoms with Crippen LogP contribution in [0, 0.1) is 5.41 Å². The molecule has 2 amide bonds. The van der Waals surface area contributed by atoms with Gasteiger partial charge in [0.05, 0.1) is 6.67 Å². The Bertz CT molecular complexity index is 199. The van der Waals surface area contributed by atoms with Gasteiger partial charge in [-0.2, -0.15) is 0 Å². The lowest BCUT2D eigenvalue weighted by Crippen LogP contribution is -2.39. The Kier molecular flexibility index (Phi) is 5.35. The number of imide groups is 1. The molecule has 82 valence electrons. The molecule has 0 radical (unpaired) electrons. The van der Waals surface area contributed by atoms with Gasteiger partial charge >= 0.3 is 0 Å². The van der Waals surface area contributed by atoms with E-state index < -0.39 is 12.1 Å². The lowest BCUT2D eigenvalue weighted by atomic mass is 9.95. The van der Waals surface area contributed by atoms with Crippen LogP contribution < -0.4 is 0 Å². The first kappa shape index (κ1) is 13.1. The van der Waals surface area contributed by atoms with E-state index >= 15 is 0 Å². The van der Waals surface area contributed by atoms with Crippen molar-refractivity contribution in [2.24, 2.45) is 5.41 Å². The maximum Gasteiger partial charge on any atom is 0.234 e. The quantitative estimate of drug-likeness (QED) is 0.504. The molecule has 3 nitrogen and oxygen atoms in total. The summed E-state index contributed by atoms with van der Waals surface area (Å²) in [5.41, 5.74) is -0.559. The number of rotatable bonds is 5. The van der Waals surface area contributed by atoms with Crippen LogP contribution in [0.2, 0.25) is 0 Å². The summed E-state index contributed by atoms with van der Waals surface area (Å²) in [4.78, 5) is 23.3. The van der Waals surface area contributed by atoms with Crippen molar-refractivity contribution in [3.05, 3.63) is 0 Å². The van der Waals surface area contributed by atoms with E-state index in [9.17, 15) is 14.0 Å². The normalized spacial score (nSPS) is 11.1. The molecule has 0 atom stereocenters. The monoisotopic (exact) mass is 203 g/mol. The van der Waals surface area contributed by atoms with Crippen LogP contribution in [0.25, 0.3) is 0 Å². The summed E-state index contributed by atoms with van der Waals surface area (Å²) in [5, 5.41) is 0. The summed E-state index contributed by atoms with van der Waals surface area (Å²) in [6.07, 6.45) is 1.44. The van der Waals surface area contributed by atoms with Gasteiger partial charge in [0.1, 0.15) is 0 Å². The number of alkyl halides is 1. The molecule has 0 aliphatic heterocycles. The molecular formula is C10H18FNO2. The molecule has 0 aromatic carbocycles. The highest BCUT2D eigenvalue weighted by Gasteiger charge is 2.26. The minimum atomic E-state index is -0.559. The molecule has 4 heteroatoms. The van der Waals surface area contributed by atoms with Crippen molar-refractivity contribution in [1.29, 1.82) is 0 Å². The molecule has 14 heavy (non-hydrogen) atoms. The van der Waals surface area contributed by atoms with E-state index in [1.165, 1.54) is 0 Å². The molecular weight excluding hydrogens is 185 g/mol. The number of hydrogen-bond acceptors (Lipinski definition) is 2. The molecule has 0 N–H and O–H groups in total. The van der Waals surface area contributed by atoms with Crippen molar-refractivity contribution in [2.75, 3.05) is 13.2 Å². The molecule has 0 saturated carbocycles. The van der Waals surface area contributed by atoms with Gasteiger partial charge in [-0.25, -0.2) is 0 Å². The molecule has 0 aromatic rings. The number of unbranched alkanes of at least 4 members (excludes halogenated alkanes) is 1. The van der Waals surface area contributed by atoms with Gasteiger partial charge < -0.3 is 0 Å². The predicted octanol–water partition coefficient (Wildman–Crippen LogP) is 1.77. The smallest absolute Gasteiger partial charge is 0.234 e. The average Bonchev–Trinajstić information content (AvgIpc) is 2.10. The Hall–Kier alpha value is -0.930. The highest BCUT2D eigenvalue weighted by atomic mass is 19.1. The van der Waals surface area contributed by atoms with Crippen molar-refractivity contribution in [2.45, 2.75) is 33.6 Å². The minimum absolute atomic E-state index is 0.216. The molecule has 0 spiro atoms. The van der Waals surface area contributed by atoms with Gasteiger partial charge in [-0.15, -0.1) is 0 Å². The van der Waals surface area contributed by atoms with E-state index in [0.29, 0.717) is 25.8 Å². The summed E-state index contributed by atoms with van der Waals surface area (Å²) in [6, 6.07) is 0. The van der Waals surface area contributed by atoms with Gasteiger partial charge in [0.25, 0.3) is 0 Å². The van der Waals surface area contributed by atoms with Crippen LogP contribution in [-0.2, 0) is 9.59 Å². The fourth-order valence-electron chi connectivity index (χ4n) is 1.01. The second-order valence-electron chi connectivity index (χ2n) is 4.25. The first-order chi connectivity index (χ1) is 6.43. The lowest BCUT2D eigenvalue weighted by Gasteiger charge is -2.24. The summed E-state index contributed by atoms with van der Waals surface area (Å²) < 4.78 is 11.8. The maximum atomic E-state index is 11.8. The van der Waals surface area contributed by atoms with Crippen LogP contribution in [0.5, 0.6) is 0 Å². The number of carbonyl (C=O) groups excluding carboxylic acids is 2. The summed E-state index contributed by atoms with van der Waals surface area (Å²) in [6.45, 7) is 5.16.